The van der Waals surface area contributed by atoms with Gasteiger partial charge in [0.2, 0.25) is 5.91 Å². The first-order valence-electron chi connectivity index (χ1n) is 9.60. The number of benzene rings is 2. The largest absolute Gasteiger partial charge is 0.492 e. The van der Waals surface area contributed by atoms with Crippen molar-refractivity contribution in [1.29, 1.82) is 0 Å². The number of nitrogens with zero attached hydrogens (tertiary/aromatic N) is 2. The van der Waals surface area contributed by atoms with E-state index in [0.717, 1.165) is 16.8 Å². The van der Waals surface area contributed by atoms with E-state index in [0.29, 0.717) is 60.5 Å². The Hall–Kier alpha value is -2.57. The molecule has 0 saturated carbocycles. The summed E-state index contributed by atoms with van der Waals surface area (Å²) in [7, 11) is 0. The lowest BCUT2D eigenvalue weighted by Gasteiger charge is -2.26. The van der Waals surface area contributed by atoms with Crippen LogP contribution in [0.25, 0.3) is 11.3 Å². The Morgan fingerprint density at radius 3 is 2.77 bits per heavy atom. The molecule has 156 valence electrons. The van der Waals surface area contributed by atoms with Gasteiger partial charge in [0.15, 0.2) is 5.76 Å². The van der Waals surface area contributed by atoms with Crippen LogP contribution in [0.2, 0.25) is 10.0 Å². The van der Waals surface area contributed by atoms with E-state index in [1.807, 2.05) is 0 Å². The van der Waals surface area contributed by atoms with Crippen LogP contribution < -0.4 is 4.74 Å². The molecule has 2 aromatic carbocycles. The number of ether oxygens (including phenoxy) is 1. The highest BCUT2D eigenvalue weighted by Gasteiger charge is 2.27. The molecule has 0 unspecified atom stereocenters. The third kappa shape index (κ3) is 4.60. The van der Waals surface area contributed by atoms with Gasteiger partial charge in [0.05, 0.1) is 18.2 Å². The standard InChI is InChI=1S/C22H19Cl2FN2O3/c23-15-5-8-20(18(24)12-15)29-11-1-2-21(28)27-10-9-17-19(13-27)26-30-22(17)14-3-6-16(25)7-4-14/h3-8,12H,1-2,9-11,13H2. The predicted molar refractivity (Wildman–Crippen MR) is 112 cm³/mol. The molecule has 0 bridgehead atoms. The molecule has 0 radical (unpaired) electrons. The minimum atomic E-state index is -0.300. The maximum Gasteiger partial charge on any atom is 0.223 e. The van der Waals surface area contributed by atoms with E-state index in [4.69, 9.17) is 32.5 Å². The maximum absolute atomic E-state index is 13.2. The molecule has 1 amide bonds. The molecule has 0 fully saturated rings. The summed E-state index contributed by atoms with van der Waals surface area (Å²) >= 11 is 11.9. The third-order valence-corrected chi connectivity index (χ3v) is 5.52. The molecule has 0 atom stereocenters. The lowest BCUT2D eigenvalue weighted by Crippen LogP contribution is -2.36. The van der Waals surface area contributed by atoms with Gasteiger partial charge in [-0.15, -0.1) is 0 Å². The smallest absolute Gasteiger partial charge is 0.223 e. The molecule has 0 N–H and O–H groups in total. The van der Waals surface area contributed by atoms with Gasteiger partial charge in [0.25, 0.3) is 0 Å². The van der Waals surface area contributed by atoms with Crippen molar-refractivity contribution in [3.05, 3.63) is 69.6 Å². The first-order valence-corrected chi connectivity index (χ1v) is 10.4. The molecule has 5 nitrogen and oxygen atoms in total. The van der Waals surface area contributed by atoms with E-state index in [2.05, 4.69) is 5.16 Å². The Balaban J connectivity index is 1.30. The summed E-state index contributed by atoms with van der Waals surface area (Å²) in [6, 6.07) is 11.2. The van der Waals surface area contributed by atoms with Crippen molar-refractivity contribution < 1.29 is 18.4 Å². The summed E-state index contributed by atoms with van der Waals surface area (Å²) < 4.78 is 24.3. The average Bonchev–Trinajstić information content (AvgIpc) is 3.16. The highest BCUT2D eigenvalue weighted by Crippen LogP contribution is 2.31. The zero-order valence-electron chi connectivity index (χ0n) is 16.0. The van der Waals surface area contributed by atoms with Crippen molar-refractivity contribution >= 4 is 29.1 Å². The first kappa shape index (κ1) is 20.7. The zero-order valence-corrected chi connectivity index (χ0v) is 17.5. The fourth-order valence-electron chi connectivity index (χ4n) is 3.43. The number of aromatic nitrogens is 1. The fraction of sp³-hybridized carbons (Fsp3) is 0.273. The van der Waals surface area contributed by atoms with Crippen LogP contribution in [0.15, 0.2) is 47.0 Å². The quantitative estimate of drug-likeness (QED) is 0.465. The van der Waals surface area contributed by atoms with Crippen LogP contribution >= 0.6 is 23.2 Å². The number of hydrogen-bond donors (Lipinski definition) is 0. The van der Waals surface area contributed by atoms with Crippen LogP contribution in [-0.4, -0.2) is 29.1 Å². The lowest BCUT2D eigenvalue weighted by molar-refractivity contribution is -0.132. The van der Waals surface area contributed by atoms with Crippen molar-refractivity contribution in [2.75, 3.05) is 13.2 Å². The van der Waals surface area contributed by atoms with Crippen molar-refractivity contribution in [2.45, 2.75) is 25.8 Å². The molecule has 1 aliphatic rings. The molecule has 4 rings (SSSR count). The highest BCUT2D eigenvalue weighted by molar-refractivity contribution is 6.35. The minimum Gasteiger partial charge on any atom is -0.492 e. The molecule has 2 heterocycles. The second-order valence-corrected chi connectivity index (χ2v) is 7.88. The molecule has 1 aliphatic heterocycles. The monoisotopic (exact) mass is 448 g/mol. The van der Waals surface area contributed by atoms with Crippen LogP contribution in [0.1, 0.15) is 24.1 Å². The Morgan fingerprint density at radius 2 is 2.00 bits per heavy atom. The summed E-state index contributed by atoms with van der Waals surface area (Å²) in [6.45, 7) is 1.37. The van der Waals surface area contributed by atoms with Gasteiger partial charge in [-0.1, -0.05) is 28.4 Å². The van der Waals surface area contributed by atoms with E-state index >= 15 is 0 Å². The van der Waals surface area contributed by atoms with Gasteiger partial charge >= 0.3 is 0 Å². The van der Waals surface area contributed by atoms with E-state index in [-0.39, 0.29) is 11.7 Å². The predicted octanol–water partition coefficient (Wildman–Crippen LogP) is 5.53. The second-order valence-electron chi connectivity index (χ2n) is 7.04. The summed E-state index contributed by atoms with van der Waals surface area (Å²) in [5.41, 5.74) is 2.51. The van der Waals surface area contributed by atoms with Crippen molar-refractivity contribution in [2.24, 2.45) is 0 Å². The molecule has 8 heteroatoms. The van der Waals surface area contributed by atoms with Crippen molar-refractivity contribution in [1.82, 2.24) is 10.1 Å². The Labute approximate surface area is 183 Å². The molecule has 0 aliphatic carbocycles. The zero-order chi connectivity index (χ0) is 21.1. The van der Waals surface area contributed by atoms with Gasteiger partial charge in [0, 0.05) is 29.1 Å². The Kier molecular flexibility index (Phi) is 6.25. The summed E-state index contributed by atoms with van der Waals surface area (Å²) in [5, 5.41) is 5.12. The summed E-state index contributed by atoms with van der Waals surface area (Å²) in [5.74, 6) is 0.932. The minimum absolute atomic E-state index is 0.0396. The number of carbonyl (C=O) groups is 1. The topological polar surface area (TPSA) is 55.6 Å². The number of fused-ring (bicyclic) bond motifs is 1. The van der Waals surface area contributed by atoms with Crippen LogP contribution in [0, 0.1) is 5.82 Å². The molecular formula is C22H19Cl2FN2O3. The van der Waals surface area contributed by atoms with E-state index in [1.54, 1.807) is 35.2 Å². The number of amides is 1. The molecular weight excluding hydrogens is 430 g/mol. The Morgan fingerprint density at radius 1 is 1.20 bits per heavy atom. The normalized spacial score (nSPS) is 13.2. The second kappa shape index (κ2) is 9.06. The van der Waals surface area contributed by atoms with Gasteiger partial charge < -0.3 is 14.2 Å². The van der Waals surface area contributed by atoms with E-state index in [9.17, 15) is 9.18 Å². The van der Waals surface area contributed by atoms with Crippen LogP contribution in [0.4, 0.5) is 4.39 Å². The number of rotatable bonds is 6. The fourth-order valence-corrected chi connectivity index (χ4v) is 3.89. The van der Waals surface area contributed by atoms with Crippen molar-refractivity contribution in [3.8, 4) is 17.1 Å². The van der Waals surface area contributed by atoms with Gasteiger partial charge in [-0.2, -0.15) is 0 Å². The molecule has 30 heavy (non-hydrogen) atoms. The lowest BCUT2D eigenvalue weighted by atomic mass is 10.0. The molecule has 0 saturated heterocycles. The van der Waals surface area contributed by atoms with Gasteiger partial charge in [-0.3, -0.25) is 4.79 Å². The van der Waals surface area contributed by atoms with Crippen LogP contribution in [0.5, 0.6) is 5.75 Å². The Bertz CT molecular complexity index is 1050. The maximum atomic E-state index is 13.2. The third-order valence-electron chi connectivity index (χ3n) is 4.99. The summed E-state index contributed by atoms with van der Waals surface area (Å²) in [6.07, 6.45) is 1.58. The van der Waals surface area contributed by atoms with Gasteiger partial charge in [0.1, 0.15) is 17.3 Å². The number of halogens is 3. The van der Waals surface area contributed by atoms with Crippen LogP contribution in [-0.2, 0) is 17.8 Å². The molecule has 3 aromatic rings. The van der Waals surface area contributed by atoms with Crippen LogP contribution in [0.3, 0.4) is 0 Å². The van der Waals surface area contributed by atoms with Crippen molar-refractivity contribution in [3.63, 3.8) is 0 Å². The van der Waals surface area contributed by atoms with Gasteiger partial charge in [-0.25, -0.2) is 4.39 Å². The number of carbonyl (C=O) groups excluding carboxylic acids is 1. The average molecular weight is 449 g/mol. The molecule has 1 aromatic heterocycles. The molecule has 0 spiro atoms. The summed E-state index contributed by atoms with van der Waals surface area (Å²) in [4.78, 5) is 14.3. The number of hydrogen-bond acceptors (Lipinski definition) is 4. The van der Waals surface area contributed by atoms with Gasteiger partial charge in [-0.05, 0) is 55.3 Å². The highest BCUT2D eigenvalue weighted by atomic mass is 35.5. The van der Waals surface area contributed by atoms with E-state index in [1.165, 1.54) is 12.1 Å². The first-order chi connectivity index (χ1) is 14.5. The van der Waals surface area contributed by atoms with E-state index < -0.39 is 0 Å². The SMILES string of the molecule is O=C(CCCOc1ccc(Cl)cc1Cl)N1CCc2c(noc2-c2ccc(F)cc2)C1.